The van der Waals surface area contributed by atoms with Crippen molar-refractivity contribution in [1.82, 2.24) is 5.16 Å². The molecule has 0 amide bonds. The van der Waals surface area contributed by atoms with Gasteiger partial charge in [0, 0.05) is 17.3 Å². The molecule has 7 heteroatoms. The SMILES string of the molecule is CS(=O)(=O)Nc1cccc(-c2cc(N)on2)c1. The first-order valence-electron chi connectivity index (χ1n) is 4.74. The van der Waals surface area contributed by atoms with Gasteiger partial charge in [-0.25, -0.2) is 8.42 Å². The summed E-state index contributed by atoms with van der Waals surface area (Å²) in [5, 5.41) is 3.75. The molecule has 0 aliphatic carbocycles. The van der Waals surface area contributed by atoms with E-state index in [1.54, 1.807) is 30.3 Å². The molecule has 0 aliphatic heterocycles. The number of sulfonamides is 1. The largest absolute Gasteiger partial charge is 0.368 e. The normalized spacial score (nSPS) is 11.4. The van der Waals surface area contributed by atoms with E-state index < -0.39 is 10.0 Å². The number of benzene rings is 1. The maximum atomic E-state index is 11.1. The van der Waals surface area contributed by atoms with Crippen LogP contribution < -0.4 is 10.5 Å². The Morgan fingerprint density at radius 3 is 2.71 bits per heavy atom. The van der Waals surface area contributed by atoms with Crippen molar-refractivity contribution in [2.24, 2.45) is 0 Å². The summed E-state index contributed by atoms with van der Waals surface area (Å²) in [4.78, 5) is 0. The Balaban J connectivity index is 2.35. The van der Waals surface area contributed by atoms with Crippen LogP contribution in [0, 0.1) is 0 Å². The Kier molecular flexibility index (Phi) is 2.76. The molecule has 17 heavy (non-hydrogen) atoms. The number of aromatic nitrogens is 1. The van der Waals surface area contributed by atoms with Crippen molar-refractivity contribution in [3.05, 3.63) is 30.3 Å². The molecule has 1 heterocycles. The second-order valence-electron chi connectivity index (χ2n) is 3.57. The lowest BCUT2D eigenvalue weighted by molar-refractivity contribution is 0.439. The van der Waals surface area contributed by atoms with Gasteiger partial charge in [-0.2, -0.15) is 0 Å². The first-order valence-corrected chi connectivity index (χ1v) is 6.63. The molecule has 6 nitrogen and oxygen atoms in total. The van der Waals surface area contributed by atoms with Gasteiger partial charge < -0.3 is 10.3 Å². The van der Waals surface area contributed by atoms with Gasteiger partial charge in [0.05, 0.1) is 6.26 Å². The van der Waals surface area contributed by atoms with E-state index in [1.165, 1.54) is 0 Å². The van der Waals surface area contributed by atoms with Crippen LogP contribution in [0.15, 0.2) is 34.9 Å². The highest BCUT2D eigenvalue weighted by Gasteiger charge is 2.06. The van der Waals surface area contributed by atoms with Crippen LogP contribution in [-0.2, 0) is 10.0 Å². The predicted octanol–water partition coefficient (Wildman–Crippen LogP) is 1.30. The van der Waals surface area contributed by atoms with Crippen LogP contribution in [0.2, 0.25) is 0 Å². The highest BCUT2D eigenvalue weighted by atomic mass is 32.2. The van der Waals surface area contributed by atoms with Crippen LogP contribution >= 0.6 is 0 Å². The zero-order valence-corrected chi connectivity index (χ0v) is 9.86. The molecular formula is C10H11N3O3S. The molecule has 0 spiro atoms. The van der Waals surface area contributed by atoms with Gasteiger partial charge >= 0.3 is 0 Å². The third-order valence-corrected chi connectivity index (χ3v) is 2.60. The molecule has 0 fully saturated rings. The van der Waals surface area contributed by atoms with E-state index in [9.17, 15) is 8.42 Å². The second kappa shape index (κ2) is 4.10. The molecule has 1 aromatic carbocycles. The fraction of sp³-hybridized carbons (Fsp3) is 0.100. The maximum Gasteiger partial charge on any atom is 0.229 e. The molecule has 0 atom stereocenters. The minimum absolute atomic E-state index is 0.210. The summed E-state index contributed by atoms with van der Waals surface area (Å²) in [6, 6.07) is 8.37. The van der Waals surface area contributed by atoms with Crippen molar-refractivity contribution in [3.8, 4) is 11.3 Å². The van der Waals surface area contributed by atoms with E-state index in [4.69, 9.17) is 10.3 Å². The van der Waals surface area contributed by atoms with E-state index in [-0.39, 0.29) is 5.88 Å². The summed E-state index contributed by atoms with van der Waals surface area (Å²) >= 11 is 0. The second-order valence-corrected chi connectivity index (χ2v) is 5.32. The molecule has 0 saturated carbocycles. The summed E-state index contributed by atoms with van der Waals surface area (Å²) in [5.74, 6) is 0.210. The van der Waals surface area contributed by atoms with Crippen LogP contribution in [0.25, 0.3) is 11.3 Å². The maximum absolute atomic E-state index is 11.1. The summed E-state index contributed by atoms with van der Waals surface area (Å²) in [6.45, 7) is 0. The van der Waals surface area contributed by atoms with Crippen LogP contribution in [-0.4, -0.2) is 19.8 Å². The van der Waals surface area contributed by atoms with Crippen molar-refractivity contribution < 1.29 is 12.9 Å². The lowest BCUT2D eigenvalue weighted by Crippen LogP contribution is -2.09. The van der Waals surface area contributed by atoms with Crippen LogP contribution in [0.4, 0.5) is 11.6 Å². The summed E-state index contributed by atoms with van der Waals surface area (Å²) in [5.41, 5.74) is 7.16. The molecule has 2 aromatic rings. The van der Waals surface area contributed by atoms with E-state index in [0.717, 1.165) is 11.8 Å². The van der Waals surface area contributed by atoms with E-state index >= 15 is 0 Å². The van der Waals surface area contributed by atoms with Crippen molar-refractivity contribution in [2.45, 2.75) is 0 Å². The number of nitrogens with two attached hydrogens (primary N) is 1. The van der Waals surface area contributed by atoms with Gasteiger partial charge in [0.25, 0.3) is 0 Å². The van der Waals surface area contributed by atoms with Crippen molar-refractivity contribution >= 4 is 21.6 Å². The lowest BCUT2D eigenvalue weighted by atomic mass is 10.1. The summed E-state index contributed by atoms with van der Waals surface area (Å²) in [6.07, 6.45) is 1.09. The highest BCUT2D eigenvalue weighted by molar-refractivity contribution is 7.92. The molecule has 0 radical (unpaired) electrons. The number of anilines is 2. The molecule has 90 valence electrons. The zero-order valence-electron chi connectivity index (χ0n) is 9.04. The van der Waals surface area contributed by atoms with Gasteiger partial charge in [-0.3, -0.25) is 4.72 Å². The molecule has 0 unspecified atom stereocenters. The Hall–Kier alpha value is -2.02. The number of hydrogen-bond donors (Lipinski definition) is 2. The van der Waals surface area contributed by atoms with Crippen molar-refractivity contribution in [1.29, 1.82) is 0 Å². The monoisotopic (exact) mass is 253 g/mol. The Morgan fingerprint density at radius 1 is 1.35 bits per heavy atom. The highest BCUT2D eigenvalue weighted by Crippen LogP contribution is 2.23. The minimum Gasteiger partial charge on any atom is -0.368 e. The topological polar surface area (TPSA) is 98.2 Å². The van der Waals surface area contributed by atoms with E-state index in [0.29, 0.717) is 11.4 Å². The van der Waals surface area contributed by atoms with Crippen molar-refractivity contribution in [2.75, 3.05) is 16.7 Å². The molecule has 2 rings (SSSR count). The molecule has 3 N–H and O–H groups in total. The minimum atomic E-state index is -3.29. The fourth-order valence-electron chi connectivity index (χ4n) is 1.38. The Morgan fingerprint density at radius 2 is 2.12 bits per heavy atom. The number of hydrogen-bond acceptors (Lipinski definition) is 5. The molecular weight excluding hydrogens is 242 g/mol. The summed E-state index contributed by atoms with van der Waals surface area (Å²) < 4.78 is 29.3. The fourth-order valence-corrected chi connectivity index (χ4v) is 1.94. The molecule has 1 aromatic heterocycles. The van der Waals surface area contributed by atoms with Gasteiger partial charge in [0.1, 0.15) is 5.69 Å². The van der Waals surface area contributed by atoms with Gasteiger partial charge in [0.15, 0.2) is 0 Å². The number of nitrogens with one attached hydrogen (secondary N) is 1. The smallest absolute Gasteiger partial charge is 0.229 e. The average Bonchev–Trinajstić information content (AvgIpc) is 2.63. The summed E-state index contributed by atoms with van der Waals surface area (Å²) in [7, 11) is -3.29. The van der Waals surface area contributed by atoms with Crippen LogP contribution in [0.5, 0.6) is 0 Å². The first kappa shape index (κ1) is 11.5. The average molecular weight is 253 g/mol. The van der Waals surface area contributed by atoms with Gasteiger partial charge in [-0.1, -0.05) is 17.3 Å². The van der Waals surface area contributed by atoms with E-state index in [2.05, 4.69) is 9.88 Å². The quantitative estimate of drug-likeness (QED) is 0.859. The third kappa shape index (κ3) is 2.97. The first-order chi connectivity index (χ1) is 7.94. The zero-order chi connectivity index (χ0) is 12.5. The standard InChI is InChI=1S/C10H11N3O3S/c1-17(14,15)13-8-4-2-3-7(5-8)9-6-10(11)16-12-9/h2-6,13H,11H2,1H3. The van der Waals surface area contributed by atoms with Crippen molar-refractivity contribution in [3.63, 3.8) is 0 Å². The predicted molar refractivity (Wildman–Crippen MR) is 64.8 cm³/mol. The third-order valence-electron chi connectivity index (χ3n) is 1.99. The van der Waals surface area contributed by atoms with Crippen LogP contribution in [0.3, 0.4) is 0 Å². The molecule has 0 aliphatic rings. The van der Waals surface area contributed by atoms with E-state index in [1.807, 2.05) is 0 Å². The Bertz CT molecular complexity index is 634. The number of rotatable bonds is 3. The van der Waals surface area contributed by atoms with Gasteiger partial charge in [0.2, 0.25) is 15.9 Å². The Labute approximate surface area is 98.5 Å². The van der Waals surface area contributed by atoms with Gasteiger partial charge in [-0.05, 0) is 12.1 Å². The molecule has 0 saturated heterocycles. The lowest BCUT2D eigenvalue weighted by Gasteiger charge is -2.04. The number of nitrogens with zero attached hydrogens (tertiary/aromatic N) is 1. The number of nitrogen functional groups attached to an aromatic ring is 1. The van der Waals surface area contributed by atoms with Gasteiger partial charge in [-0.15, -0.1) is 0 Å². The van der Waals surface area contributed by atoms with Crippen LogP contribution in [0.1, 0.15) is 0 Å². The molecule has 0 bridgehead atoms.